The lowest BCUT2D eigenvalue weighted by atomic mass is 9.61. The molecule has 1 aliphatic heterocycles. The van der Waals surface area contributed by atoms with Crippen LogP contribution in [-0.4, -0.2) is 57.5 Å². The van der Waals surface area contributed by atoms with Crippen molar-refractivity contribution in [2.45, 2.75) is 44.8 Å². The SMILES string of the molecule is O=C(Nc1ccc2c(cnn2CCO)c1)C12CCC1CN(C(=O)C1(C(F)(F)F)CCC1)C2. The van der Waals surface area contributed by atoms with E-state index in [-0.39, 0.29) is 44.4 Å². The van der Waals surface area contributed by atoms with Crippen LogP contribution in [0.2, 0.25) is 0 Å². The fourth-order valence-electron chi connectivity index (χ4n) is 5.51. The molecule has 2 unspecified atom stereocenters. The van der Waals surface area contributed by atoms with Gasteiger partial charge in [0, 0.05) is 24.2 Å². The Labute approximate surface area is 182 Å². The molecule has 2 aromatic rings. The van der Waals surface area contributed by atoms with Crippen LogP contribution in [0.5, 0.6) is 0 Å². The molecule has 1 saturated heterocycles. The number of nitrogens with one attached hydrogen (secondary N) is 1. The summed E-state index contributed by atoms with van der Waals surface area (Å²) in [7, 11) is 0. The predicted molar refractivity (Wildman–Crippen MR) is 110 cm³/mol. The maximum absolute atomic E-state index is 13.6. The van der Waals surface area contributed by atoms with Crippen LogP contribution >= 0.6 is 0 Å². The molecule has 32 heavy (non-hydrogen) atoms. The van der Waals surface area contributed by atoms with E-state index in [4.69, 9.17) is 5.11 Å². The number of carbonyl (C=O) groups excluding carboxylic acids is 2. The van der Waals surface area contributed by atoms with Crippen molar-refractivity contribution < 1.29 is 27.9 Å². The number of nitrogens with zero attached hydrogens (tertiary/aromatic N) is 3. The van der Waals surface area contributed by atoms with Crippen molar-refractivity contribution in [1.82, 2.24) is 14.7 Å². The lowest BCUT2D eigenvalue weighted by Crippen LogP contribution is -2.56. The largest absolute Gasteiger partial charge is 0.403 e. The summed E-state index contributed by atoms with van der Waals surface area (Å²) in [5, 5.41) is 17.0. The number of hydrogen-bond donors (Lipinski definition) is 2. The van der Waals surface area contributed by atoms with Crippen molar-refractivity contribution in [3.05, 3.63) is 24.4 Å². The summed E-state index contributed by atoms with van der Waals surface area (Å²) in [5.74, 6) is -1.23. The molecule has 2 N–H and O–H groups in total. The van der Waals surface area contributed by atoms with Crippen LogP contribution < -0.4 is 5.32 Å². The first-order valence-electron chi connectivity index (χ1n) is 10.9. The molecule has 2 atom stereocenters. The van der Waals surface area contributed by atoms with E-state index in [2.05, 4.69) is 10.4 Å². The van der Waals surface area contributed by atoms with E-state index in [1.54, 1.807) is 29.1 Å². The van der Waals surface area contributed by atoms with E-state index >= 15 is 0 Å². The fraction of sp³-hybridized carbons (Fsp3) is 0.591. The summed E-state index contributed by atoms with van der Waals surface area (Å²) < 4.78 is 42.6. The highest BCUT2D eigenvalue weighted by Gasteiger charge is 2.67. The third-order valence-corrected chi connectivity index (χ3v) is 7.74. The fourth-order valence-corrected chi connectivity index (χ4v) is 5.51. The smallest absolute Gasteiger partial charge is 0.394 e. The first kappa shape index (κ1) is 21.2. The Balaban J connectivity index is 1.32. The van der Waals surface area contributed by atoms with Crippen LogP contribution in [0.1, 0.15) is 32.1 Å². The number of hydrogen-bond acceptors (Lipinski definition) is 4. The molecule has 2 aliphatic carbocycles. The van der Waals surface area contributed by atoms with Crippen LogP contribution in [-0.2, 0) is 16.1 Å². The van der Waals surface area contributed by atoms with Gasteiger partial charge in [-0.05, 0) is 49.8 Å². The first-order chi connectivity index (χ1) is 15.2. The molecule has 0 bridgehead atoms. The van der Waals surface area contributed by atoms with E-state index in [1.165, 1.54) is 4.90 Å². The highest BCUT2D eigenvalue weighted by atomic mass is 19.4. The minimum absolute atomic E-state index is 0.0377. The molecular weight excluding hydrogens is 425 g/mol. The number of benzene rings is 1. The van der Waals surface area contributed by atoms with Gasteiger partial charge >= 0.3 is 6.18 Å². The molecule has 172 valence electrons. The summed E-state index contributed by atoms with van der Waals surface area (Å²) in [5.41, 5.74) is -1.70. The second kappa shape index (κ2) is 7.19. The molecule has 0 radical (unpaired) electrons. The number of likely N-dealkylation sites (tertiary alicyclic amines) is 1. The Hall–Kier alpha value is -2.62. The maximum atomic E-state index is 13.6. The average Bonchev–Trinajstić information content (AvgIpc) is 3.19. The predicted octanol–water partition coefficient (Wildman–Crippen LogP) is 2.94. The summed E-state index contributed by atoms with van der Waals surface area (Å²) in [6, 6.07) is 5.33. The topological polar surface area (TPSA) is 87.5 Å². The van der Waals surface area contributed by atoms with Gasteiger partial charge in [0.1, 0.15) is 5.41 Å². The molecule has 10 heteroatoms. The maximum Gasteiger partial charge on any atom is 0.403 e. The number of fused-ring (bicyclic) bond motifs is 2. The summed E-state index contributed by atoms with van der Waals surface area (Å²) in [4.78, 5) is 27.4. The highest BCUT2D eigenvalue weighted by Crippen LogP contribution is 2.58. The van der Waals surface area contributed by atoms with Crippen molar-refractivity contribution in [2.75, 3.05) is 25.0 Å². The van der Waals surface area contributed by atoms with E-state index in [0.717, 1.165) is 17.3 Å². The summed E-state index contributed by atoms with van der Waals surface area (Å²) >= 11 is 0. The third kappa shape index (κ3) is 2.95. The van der Waals surface area contributed by atoms with E-state index in [0.29, 0.717) is 25.1 Å². The van der Waals surface area contributed by atoms with Crippen LogP contribution in [0.25, 0.3) is 10.9 Å². The van der Waals surface area contributed by atoms with E-state index < -0.39 is 22.9 Å². The van der Waals surface area contributed by atoms with Gasteiger partial charge in [-0.3, -0.25) is 14.3 Å². The van der Waals surface area contributed by atoms with Crippen LogP contribution in [0.15, 0.2) is 24.4 Å². The highest BCUT2D eigenvalue weighted by molar-refractivity contribution is 5.99. The molecule has 2 saturated carbocycles. The Morgan fingerprint density at radius 3 is 2.62 bits per heavy atom. The minimum Gasteiger partial charge on any atom is -0.394 e. The van der Waals surface area contributed by atoms with Crippen molar-refractivity contribution in [1.29, 1.82) is 0 Å². The monoisotopic (exact) mass is 450 g/mol. The second-order valence-corrected chi connectivity index (χ2v) is 9.33. The molecular formula is C22H25F3N4O3. The average molecular weight is 450 g/mol. The van der Waals surface area contributed by atoms with Crippen LogP contribution in [0.3, 0.4) is 0 Å². The van der Waals surface area contributed by atoms with Crippen molar-refractivity contribution >= 4 is 28.4 Å². The molecule has 0 spiro atoms. The number of anilines is 1. The Morgan fingerprint density at radius 1 is 1.25 bits per heavy atom. The molecule has 1 aromatic carbocycles. The normalized spacial score (nSPS) is 26.4. The van der Waals surface area contributed by atoms with Gasteiger partial charge < -0.3 is 15.3 Å². The minimum atomic E-state index is -4.56. The molecule has 5 rings (SSSR count). The van der Waals surface area contributed by atoms with Crippen LogP contribution in [0.4, 0.5) is 18.9 Å². The number of alkyl halides is 3. The number of aliphatic hydroxyl groups excluding tert-OH is 1. The zero-order chi connectivity index (χ0) is 22.7. The van der Waals surface area contributed by atoms with Gasteiger partial charge in [-0.25, -0.2) is 0 Å². The lowest BCUT2D eigenvalue weighted by Gasteiger charge is -2.44. The molecule has 2 amide bonds. The van der Waals surface area contributed by atoms with Gasteiger partial charge in [-0.15, -0.1) is 0 Å². The van der Waals surface area contributed by atoms with Crippen molar-refractivity contribution in [2.24, 2.45) is 16.7 Å². The zero-order valence-corrected chi connectivity index (χ0v) is 17.5. The van der Waals surface area contributed by atoms with E-state index in [9.17, 15) is 22.8 Å². The molecule has 7 nitrogen and oxygen atoms in total. The summed E-state index contributed by atoms with van der Waals surface area (Å²) in [6.07, 6.45) is -1.57. The van der Waals surface area contributed by atoms with Gasteiger partial charge in [-0.2, -0.15) is 18.3 Å². The molecule has 2 heterocycles. The Kier molecular flexibility index (Phi) is 4.77. The first-order valence-corrected chi connectivity index (χ1v) is 10.9. The number of halogens is 3. The standard InChI is InChI=1S/C22H25F3N4O3/c23-22(24,25)21(5-1-6-21)19(32)28-12-15-4-7-20(15,13-28)18(31)27-16-2-3-17-14(10-16)11-26-29(17)8-9-30/h2-3,10-11,15,30H,1,4-9,12-13H2,(H,27,31). The molecule has 1 aromatic heterocycles. The second-order valence-electron chi connectivity index (χ2n) is 9.33. The quantitative estimate of drug-likeness (QED) is 0.733. The van der Waals surface area contributed by atoms with Gasteiger partial charge in [0.2, 0.25) is 11.8 Å². The number of carbonyl (C=O) groups is 2. The van der Waals surface area contributed by atoms with E-state index in [1.807, 2.05) is 0 Å². The van der Waals surface area contributed by atoms with Gasteiger partial charge in [-0.1, -0.05) is 6.42 Å². The Bertz CT molecular complexity index is 1080. The number of rotatable bonds is 5. The Morgan fingerprint density at radius 2 is 2.03 bits per heavy atom. The number of amides is 2. The van der Waals surface area contributed by atoms with Crippen LogP contribution in [0, 0.1) is 16.7 Å². The van der Waals surface area contributed by atoms with Gasteiger partial charge in [0.05, 0.1) is 30.3 Å². The van der Waals surface area contributed by atoms with Crippen molar-refractivity contribution in [3.63, 3.8) is 0 Å². The molecule has 3 fully saturated rings. The lowest BCUT2D eigenvalue weighted by molar-refractivity contribution is -0.248. The molecule has 3 aliphatic rings. The zero-order valence-electron chi connectivity index (χ0n) is 17.5. The summed E-state index contributed by atoms with van der Waals surface area (Å²) in [6.45, 7) is 0.571. The van der Waals surface area contributed by atoms with Gasteiger partial charge in [0.25, 0.3) is 0 Å². The number of aromatic nitrogens is 2. The number of aliphatic hydroxyl groups is 1. The third-order valence-electron chi connectivity index (χ3n) is 7.74. The van der Waals surface area contributed by atoms with Crippen molar-refractivity contribution in [3.8, 4) is 0 Å². The van der Waals surface area contributed by atoms with Gasteiger partial charge in [0.15, 0.2) is 0 Å².